The van der Waals surface area contributed by atoms with Gasteiger partial charge in [-0.1, -0.05) is 0 Å². The van der Waals surface area contributed by atoms with E-state index >= 15 is 0 Å². The van der Waals surface area contributed by atoms with Crippen LogP contribution in [0.2, 0.25) is 0 Å². The first kappa shape index (κ1) is 14.7. The summed E-state index contributed by atoms with van der Waals surface area (Å²) >= 11 is 0. The molecule has 20 heavy (non-hydrogen) atoms. The van der Waals surface area contributed by atoms with Crippen LogP contribution in [0.3, 0.4) is 0 Å². The van der Waals surface area contributed by atoms with Crippen molar-refractivity contribution in [1.82, 2.24) is 0 Å². The molecular formula is C15H23N3O2. The van der Waals surface area contributed by atoms with Crippen molar-refractivity contribution < 1.29 is 9.84 Å². The standard InChI is InChI=1S/C15H23N3O2/c1-20-12-5-6-13(15(16)17)14(10-12)18-8-3-2-4-11(18)7-9-19/h5-6,10-11,19H,2-4,7-9H2,1H3,(H3,16,17). The lowest BCUT2D eigenvalue weighted by molar-refractivity contribution is 0.262. The van der Waals surface area contributed by atoms with Gasteiger partial charge < -0.3 is 20.5 Å². The smallest absolute Gasteiger partial charge is 0.124 e. The highest BCUT2D eigenvalue weighted by atomic mass is 16.5. The van der Waals surface area contributed by atoms with Gasteiger partial charge in [-0.15, -0.1) is 0 Å². The number of hydrogen-bond donors (Lipinski definition) is 3. The minimum atomic E-state index is 0.0657. The third-order valence-corrected chi connectivity index (χ3v) is 3.89. The molecule has 0 saturated carbocycles. The van der Waals surface area contributed by atoms with Crippen molar-refractivity contribution in [1.29, 1.82) is 5.41 Å². The quantitative estimate of drug-likeness (QED) is 0.565. The Morgan fingerprint density at radius 2 is 2.30 bits per heavy atom. The molecule has 0 bridgehead atoms. The molecule has 1 atom stereocenters. The number of hydrogen-bond acceptors (Lipinski definition) is 4. The van der Waals surface area contributed by atoms with E-state index in [1.165, 1.54) is 6.42 Å². The van der Waals surface area contributed by atoms with E-state index < -0.39 is 0 Å². The number of aliphatic hydroxyl groups excluding tert-OH is 1. The van der Waals surface area contributed by atoms with Gasteiger partial charge in [-0.05, 0) is 37.8 Å². The van der Waals surface area contributed by atoms with Gasteiger partial charge in [0.1, 0.15) is 11.6 Å². The van der Waals surface area contributed by atoms with Crippen molar-refractivity contribution in [2.45, 2.75) is 31.7 Å². The van der Waals surface area contributed by atoms with Crippen LogP contribution in [0.25, 0.3) is 0 Å². The lowest BCUT2D eigenvalue weighted by atomic mass is 9.97. The normalized spacial score (nSPS) is 18.9. The van der Waals surface area contributed by atoms with Crippen LogP contribution >= 0.6 is 0 Å². The molecule has 1 aliphatic rings. The van der Waals surface area contributed by atoms with Crippen molar-refractivity contribution in [3.63, 3.8) is 0 Å². The molecule has 0 spiro atoms. The van der Waals surface area contributed by atoms with Gasteiger partial charge >= 0.3 is 0 Å². The zero-order valence-corrected chi connectivity index (χ0v) is 11.9. The maximum Gasteiger partial charge on any atom is 0.124 e. The summed E-state index contributed by atoms with van der Waals surface area (Å²) in [5.74, 6) is 0.828. The third-order valence-electron chi connectivity index (χ3n) is 3.89. The van der Waals surface area contributed by atoms with Crippen molar-refractivity contribution in [3.8, 4) is 5.75 Å². The maximum atomic E-state index is 9.24. The first-order valence-electron chi connectivity index (χ1n) is 7.07. The van der Waals surface area contributed by atoms with Gasteiger partial charge in [0.2, 0.25) is 0 Å². The molecule has 0 aliphatic carbocycles. The number of methoxy groups -OCH3 is 1. The van der Waals surface area contributed by atoms with Crippen LogP contribution in [0, 0.1) is 5.41 Å². The zero-order valence-electron chi connectivity index (χ0n) is 11.9. The molecule has 5 nitrogen and oxygen atoms in total. The number of amidine groups is 1. The summed E-state index contributed by atoms with van der Waals surface area (Å²) in [5, 5.41) is 17.0. The fraction of sp³-hybridized carbons (Fsp3) is 0.533. The van der Waals surface area contributed by atoms with Crippen LogP contribution in [-0.4, -0.2) is 37.2 Å². The lowest BCUT2D eigenvalue weighted by Crippen LogP contribution is -2.41. The summed E-state index contributed by atoms with van der Waals surface area (Å²) in [6.45, 7) is 1.11. The average Bonchev–Trinajstić information content (AvgIpc) is 2.47. The number of ether oxygens (including phenoxy) is 1. The summed E-state index contributed by atoms with van der Waals surface area (Å²) in [4.78, 5) is 2.26. The fourth-order valence-corrected chi connectivity index (χ4v) is 2.87. The van der Waals surface area contributed by atoms with E-state index in [1.807, 2.05) is 18.2 Å². The van der Waals surface area contributed by atoms with Crippen LogP contribution in [0.1, 0.15) is 31.2 Å². The largest absolute Gasteiger partial charge is 0.497 e. The minimum absolute atomic E-state index is 0.0657. The third kappa shape index (κ3) is 3.04. The molecule has 2 rings (SSSR count). The van der Waals surface area contributed by atoms with Crippen LogP contribution < -0.4 is 15.4 Å². The predicted octanol–water partition coefficient (Wildman–Crippen LogP) is 1.72. The molecule has 1 aromatic rings. The molecule has 0 amide bonds. The van der Waals surface area contributed by atoms with E-state index in [1.54, 1.807) is 7.11 Å². The number of nitrogens with one attached hydrogen (secondary N) is 1. The van der Waals surface area contributed by atoms with Crippen molar-refractivity contribution in [2.75, 3.05) is 25.2 Å². The molecular weight excluding hydrogens is 254 g/mol. The summed E-state index contributed by atoms with van der Waals surface area (Å²) in [6, 6.07) is 5.90. The van der Waals surface area contributed by atoms with Gasteiger partial charge in [0.25, 0.3) is 0 Å². The second-order valence-electron chi connectivity index (χ2n) is 5.15. The van der Waals surface area contributed by atoms with Crippen LogP contribution in [0.5, 0.6) is 5.75 Å². The van der Waals surface area contributed by atoms with Gasteiger partial charge in [0, 0.05) is 30.8 Å². The van der Waals surface area contributed by atoms with Crippen LogP contribution in [-0.2, 0) is 0 Å². The van der Waals surface area contributed by atoms with Crippen LogP contribution in [0.4, 0.5) is 5.69 Å². The van der Waals surface area contributed by atoms with Gasteiger partial charge in [-0.25, -0.2) is 0 Å². The highest BCUT2D eigenvalue weighted by Gasteiger charge is 2.25. The Balaban J connectivity index is 2.39. The predicted molar refractivity (Wildman–Crippen MR) is 80.7 cm³/mol. The van der Waals surface area contributed by atoms with E-state index in [-0.39, 0.29) is 12.4 Å². The Hall–Kier alpha value is -1.75. The average molecular weight is 277 g/mol. The van der Waals surface area contributed by atoms with E-state index in [0.29, 0.717) is 6.04 Å². The highest BCUT2D eigenvalue weighted by molar-refractivity contribution is 6.00. The Morgan fingerprint density at radius 3 is 2.95 bits per heavy atom. The van der Waals surface area contributed by atoms with Crippen molar-refractivity contribution in [3.05, 3.63) is 23.8 Å². The second-order valence-corrected chi connectivity index (χ2v) is 5.15. The fourth-order valence-electron chi connectivity index (χ4n) is 2.87. The van der Waals surface area contributed by atoms with Crippen LogP contribution in [0.15, 0.2) is 18.2 Å². The topological polar surface area (TPSA) is 82.6 Å². The molecule has 110 valence electrons. The summed E-state index contributed by atoms with van der Waals surface area (Å²) in [5.41, 5.74) is 7.37. The number of rotatable bonds is 5. The van der Waals surface area contributed by atoms with E-state index in [9.17, 15) is 5.11 Å². The monoisotopic (exact) mass is 277 g/mol. The molecule has 1 heterocycles. The molecule has 5 heteroatoms. The number of aliphatic hydroxyl groups is 1. The van der Waals surface area contributed by atoms with Gasteiger partial charge in [-0.3, -0.25) is 5.41 Å². The molecule has 1 unspecified atom stereocenters. The number of benzene rings is 1. The minimum Gasteiger partial charge on any atom is -0.497 e. The molecule has 0 aromatic heterocycles. The number of nitrogen functional groups attached to an aromatic ring is 1. The first-order valence-corrected chi connectivity index (χ1v) is 7.07. The molecule has 1 fully saturated rings. The Bertz CT molecular complexity index is 474. The van der Waals surface area contributed by atoms with Gasteiger partial charge in [0.05, 0.1) is 12.8 Å². The summed E-state index contributed by atoms with van der Waals surface area (Å²) in [6.07, 6.45) is 4.11. The van der Waals surface area contributed by atoms with E-state index in [2.05, 4.69) is 4.90 Å². The Labute approximate surface area is 119 Å². The van der Waals surface area contributed by atoms with E-state index in [0.717, 1.165) is 42.8 Å². The number of anilines is 1. The molecule has 1 aliphatic heterocycles. The summed E-state index contributed by atoms with van der Waals surface area (Å²) < 4.78 is 5.29. The number of nitrogens with zero attached hydrogens (tertiary/aromatic N) is 1. The molecule has 1 aromatic carbocycles. The second kappa shape index (κ2) is 6.61. The van der Waals surface area contributed by atoms with E-state index in [4.69, 9.17) is 15.9 Å². The molecule has 0 radical (unpaired) electrons. The molecule has 4 N–H and O–H groups in total. The zero-order chi connectivity index (χ0) is 14.5. The SMILES string of the molecule is COc1ccc(C(=N)N)c(N2CCCCC2CCO)c1. The number of nitrogens with two attached hydrogens (primary N) is 1. The lowest BCUT2D eigenvalue weighted by Gasteiger charge is -2.38. The Kier molecular flexibility index (Phi) is 4.84. The van der Waals surface area contributed by atoms with Gasteiger partial charge in [-0.2, -0.15) is 0 Å². The Morgan fingerprint density at radius 1 is 1.50 bits per heavy atom. The summed E-state index contributed by atoms with van der Waals surface area (Å²) in [7, 11) is 1.63. The van der Waals surface area contributed by atoms with Crippen molar-refractivity contribution in [2.24, 2.45) is 5.73 Å². The first-order chi connectivity index (χ1) is 9.67. The highest BCUT2D eigenvalue weighted by Crippen LogP contribution is 2.32. The maximum absolute atomic E-state index is 9.24. The van der Waals surface area contributed by atoms with Crippen molar-refractivity contribution >= 4 is 11.5 Å². The van der Waals surface area contributed by atoms with Gasteiger partial charge in [0.15, 0.2) is 0 Å². The number of piperidine rings is 1. The molecule has 1 saturated heterocycles.